The number of carbonyl (C=O) groups is 2. The molecule has 0 radical (unpaired) electrons. The van der Waals surface area contributed by atoms with E-state index in [0.717, 1.165) is 22.8 Å². The van der Waals surface area contributed by atoms with Crippen molar-refractivity contribution in [2.45, 2.75) is 52.5 Å². The average Bonchev–Trinajstić information content (AvgIpc) is 3.48. The van der Waals surface area contributed by atoms with Crippen LogP contribution in [-0.2, 0) is 10.0 Å². The highest BCUT2D eigenvalue weighted by molar-refractivity contribution is 7.89. The lowest BCUT2D eigenvalue weighted by Crippen LogP contribution is -2.31. The molecule has 188 valence electrons. The summed E-state index contributed by atoms with van der Waals surface area (Å²) in [6.07, 6.45) is 2.82. The van der Waals surface area contributed by atoms with Crippen LogP contribution in [0.4, 0.5) is 0 Å². The van der Waals surface area contributed by atoms with E-state index in [-0.39, 0.29) is 23.6 Å². The molecule has 8 heteroatoms. The Labute approximate surface area is 207 Å². The second-order valence-corrected chi connectivity index (χ2v) is 11.7. The number of nitrogens with zero attached hydrogens (tertiary/aromatic N) is 1. The van der Waals surface area contributed by atoms with E-state index in [4.69, 9.17) is 4.74 Å². The molecule has 35 heavy (non-hydrogen) atoms. The number of fused-ring (bicyclic) bond motifs is 1. The molecule has 1 saturated carbocycles. The van der Waals surface area contributed by atoms with Gasteiger partial charge in [-0.1, -0.05) is 37.6 Å². The highest BCUT2D eigenvalue weighted by Gasteiger charge is 2.34. The van der Waals surface area contributed by atoms with E-state index >= 15 is 0 Å². The highest BCUT2D eigenvalue weighted by Crippen LogP contribution is 2.38. The first kappa shape index (κ1) is 25.4. The lowest BCUT2D eigenvalue weighted by Gasteiger charge is -2.17. The van der Waals surface area contributed by atoms with E-state index in [1.165, 1.54) is 11.3 Å². The Bertz CT molecular complexity index is 1170. The molecule has 7 nitrogen and oxygen atoms in total. The minimum atomic E-state index is -3.48. The molecule has 2 aliphatic rings. The number of nitrogens with one attached hydrogen (secondary N) is 1. The zero-order valence-electron chi connectivity index (χ0n) is 20.6. The lowest BCUT2D eigenvalue weighted by molar-refractivity contribution is 0.0651. The van der Waals surface area contributed by atoms with Crippen molar-refractivity contribution in [2.24, 2.45) is 11.8 Å². The summed E-state index contributed by atoms with van der Waals surface area (Å²) in [5.41, 5.74) is 2.77. The SMILES string of the molecule is Cc1ccc([C@H](C)NS(=O)(=O)CCCCCN2C(=O)c3ccccc3C2=O)cc1OCC1CC1C. The Morgan fingerprint density at radius 3 is 2.34 bits per heavy atom. The van der Waals surface area contributed by atoms with Crippen LogP contribution in [0.1, 0.15) is 77.4 Å². The van der Waals surface area contributed by atoms with Crippen LogP contribution in [0.2, 0.25) is 0 Å². The number of aryl methyl sites for hydroxylation is 1. The number of ether oxygens (including phenoxy) is 1. The van der Waals surface area contributed by atoms with Gasteiger partial charge in [-0.15, -0.1) is 0 Å². The number of rotatable bonds is 12. The van der Waals surface area contributed by atoms with Gasteiger partial charge in [-0.05, 0) is 74.3 Å². The van der Waals surface area contributed by atoms with E-state index in [2.05, 4.69) is 11.6 Å². The van der Waals surface area contributed by atoms with Crippen LogP contribution in [0.3, 0.4) is 0 Å². The van der Waals surface area contributed by atoms with Crippen molar-refractivity contribution in [3.8, 4) is 5.75 Å². The maximum atomic E-state index is 12.6. The van der Waals surface area contributed by atoms with Crippen molar-refractivity contribution in [3.63, 3.8) is 0 Å². The van der Waals surface area contributed by atoms with Crippen molar-refractivity contribution >= 4 is 21.8 Å². The first-order valence-corrected chi connectivity index (χ1v) is 14.0. The number of imide groups is 1. The summed E-state index contributed by atoms with van der Waals surface area (Å²) in [5.74, 6) is 1.58. The first-order valence-electron chi connectivity index (χ1n) is 12.3. The summed E-state index contributed by atoms with van der Waals surface area (Å²) in [6.45, 7) is 7.04. The van der Waals surface area contributed by atoms with Gasteiger partial charge in [-0.3, -0.25) is 14.5 Å². The molecule has 2 aromatic rings. The lowest BCUT2D eigenvalue weighted by atomic mass is 10.1. The molecule has 2 aromatic carbocycles. The molecule has 0 saturated heterocycles. The summed E-state index contributed by atoms with van der Waals surface area (Å²) in [6, 6.07) is 12.2. The highest BCUT2D eigenvalue weighted by atomic mass is 32.2. The predicted molar refractivity (Wildman–Crippen MR) is 135 cm³/mol. The topological polar surface area (TPSA) is 92.8 Å². The molecule has 1 N–H and O–H groups in total. The van der Waals surface area contributed by atoms with E-state index in [1.807, 2.05) is 32.0 Å². The van der Waals surface area contributed by atoms with Gasteiger partial charge in [0.1, 0.15) is 5.75 Å². The summed E-state index contributed by atoms with van der Waals surface area (Å²) in [4.78, 5) is 26.1. The molecule has 2 amide bonds. The predicted octanol–water partition coefficient (Wildman–Crippen LogP) is 4.48. The zero-order chi connectivity index (χ0) is 25.2. The Kier molecular flexibility index (Phi) is 7.62. The fourth-order valence-electron chi connectivity index (χ4n) is 4.45. The number of sulfonamides is 1. The van der Waals surface area contributed by atoms with Gasteiger partial charge in [0.25, 0.3) is 11.8 Å². The fraction of sp³-hybridized carbons (Fsp3) is 0.481. The second kappa shape index (κ2) is 10.5. The van der Waals surface area contributed by atoms with Crippen LogP contribution < -0.4 is 9.46 Å². The van der Waals surface area contributed by atoms with Crippen molar-refractivity contribution < 1.29 is 22.7 Å². The number of benzene rings is 2. The molecular formula is C27H34N2O5S. The molecular weight excluding hydrogens is 464 g/mol. The van der Waals surface area contributed by atoms with Crippen molar-refractivity contribution in [3.05, 3.63) is 64.7 Å². The first-order chi connectivity index (χ1) is 16.7. The number of amides is 2. The number of hydrogen-bond acceptors (Lipinski definition) is 5. The molecule has 0 aromatic heterocycles. The third kappa shape index (κ3) is 6.11. The van der Waals surface area contributed by atoms with E-state index < -0.39 is 10.0 Å². The third-order valence-electron chi connectivity index (χ3n) is 6.97. The van der Waals surface area contributed by atoms with E-state index in [1.54, 1.807) is 24.3 Å². The summed E-state index contributed by atoms with van der Waals surface area (Å²) >= 11 is 0. The van der Waals surface area contributed by atoms with Crippen LogP contribution in [0.5, 0.6) is 5.75 Å². The number of unbranched alkanes of at least 4 members (excludes halogenated alkanes) is 2. The Morgan fingerprint density at radius 2 is 1.71 bits per heavy atom. The Balaban J connectivity index is 1.22. The molecule has 1 aliphatic carbocycles. The van der Waals surface area contributed by atoms with Gasteiger partial charge in [0.2, 0.25) is 10.0 Å². The Hall–Kier alpha value is -2.71. The molecule has 2 unspecified atom stereocenters. The van der Waals surface area contributed by atoms with Crippen LogP contribution in [0.15, 0.2) is 42.5 Å². The van der Waals surface area contributed by atoms with Gasteiger partial charge in [0.05, 0.1) is 23.5 Å². The Morgan fingerprint density at radius 1 is 1.06 bits per heavy atom. The largest absolute Gasteiger partial charge is 0.493 e. The van der Waals surface area contributed by atoms with Crippen molar-refractivity contribution in [2.75, 3.05) is 18.9 Å². The monoisotopic (exact) mass is 498 g/mol. The van der Waals surface area contributed by atoms with Gasteiger partial charge in [-0.2, -0.15) is 0 Å². The minimum Gasteiger partial charge on any atom is -0.493 e. The summed E-state index contributed by atoms with van der Waals surface area (Å²) < 4.78 is 34.0. The quantitative estimate of drug-likeness (QED) is 0.344. The molecule has 1 fully saturated rings. The number of hydrogen-bond donors (Lipinski definition) is 1. The average molecular weight is 499 g/mol. The minimum absolute atomic E-state index is 0.00571. The van der Waals surface area contributed by atoms with Gasteiger partial charge in [0, 0.05) is 12.6 Å². The maximum Gasteiger partial charge on any atom is 0.261 e. The van der Waals surface area contributed by atoms with Crippen molar-refractivity contribution in [1.29, 1.82) is 0 Å². The molecule has 1 heterocycles. The number of carbonyl (C=O) groups excluding carboxylic acids is 2. The standard InChI is InChI=1S/C27H34N2O5S/c1-18-11-12-21(16-25(18)34-17-22-15-19(22)2)20(3)28-35(32,33)14-8-4-7-13-29-26(30)23-9-5-6-10-24(23)27(29)31/h5-6,9-12,16,19-20,22,28H,4,7-8,13-15,17H2,1-3H3/t19?,20-,22?/m0/s1. The molecule has 0 spiro atoms. The van der Waals surface area contributed by atoms with Gasteiger partial charge in [0.15, 0.2) is 0 Å². The second-order valence-electron chi connectivity index (χ2n) is 9.84. The van der Waals surface area contributed by atoms with Crippen LogP contribution in [0.25, 0.3) is 0 Å². The van der Waals surface area contributed by atoms with Gasteiger partial charge >= 0.3 is 0 Å². The molecule has 1 aliphatic heterocycles. The van der Waals surface area contributed by atoms with E-state index in [0.29, 0.717) is 49.5 Å². The molecule has 0 bridgehead atoms. The summed E-state index contributed by atoms with van der Waals surface area (Å²) in [5, 5.41) is 0. The van der Waals surface area contributed by atoms with Crippen molar-refractivity contribution in [1.82, 2.24) is 9.62 Å². The maximum absolute atomic E-state index is 12.6. The van der Waals surface area contributed by atoms with Gasteiger partial charge in [-0.25, -0.2) is 13.1 Å². The van der Waals surface area contributed by atoms with Crippen LogP contribution in [-0.4, -0.2) is 44.0 Å². The van der Waals surface area contributed by atoms with Crippen LogP contribution >= 0.6 is 0 Å². The summed E-state index contributed by atoms with van der Waals surface area (Å²) in [7, 11) is -3.48. The van der Waals surface area contributed by atoms with Crippen LogP contribution in [0, 0.1) is 18.8 Å². The third-order valence-corrected chi connectivity index (χ3v) is 8.51. The van der Waals surface area contributed by atoms with Gasteiger partial charge < -0.3 is 4.74 Å². The fourth-order valence-corrected chi connectivity index (χ4v) is 5.82. The van der Waals surface area contributed by atoms with E-state index in [9.17, 15) is 18.0 Å². The molecule has 4 rings (SSSR count). The zero-order valence-corrected chi connectivity index (χ0v) is 21.4. The smallest absolute Gasteiger partial charge is 0.261 e. The molecule has 3 atom stereocenters. The normalized spacial score (nSPS) is 20.1.